The maximum atomic E-state index is 13.6. The predicted octanol–water partition coefficient (Wildman–Crippen LogP) is 6.07. The number of benzene rings is 3. The first-order valence-electron chi connectivity index (χ1n) is 21.2. The number of amides is 5. The van der Waals surface area contributed by atoms with Gasteiger partial charge in [0.15, 0.2) is 0 Å². The highest BCUT2D eigenvalue weighted by Gasteiger charge is 2.64. The van der Waals surface area contributed by atoms with Crippen molar-refractivity contribution in [2.75, 3.05) is 31.1 Å². The second-order valence-corrected chi connectivity index (χ2v) is 19.5. The number of ether oxygens (including phenoxy) is 1. The molecule has 4 fully saturated rings. The average Bonchev–Trinajstić information content (AvgIpc) is 3.69. The molecular formula is C47H51ClN6O6. The molecule has 3 saturated heterocycles. The summed E-state index contributed by atoms with van der Waals surface area (Å²) in [6.45, 7) is 12.3. The Morgan fingerprint density at radius 1 is 0.850 bits per heavy atom. The Labute approximate surface area is 355 Å². The SMILES string of the molecule is CC1(C)[C@H](NC(=O)c2ccc(N3CCC(N4CCC5(CC4)Cc4cc6c(cc4C5)C(=O)N(C4CCC(=O)NC4=O)C6=O)CC3)cc2)C(C)(C)[C@H]1Oc1ccc(C#N)c(Cl)c1. The number of hydrogen-bond donors (Lipinski definition) is 2. The van der Waals surface area contributed by atoms with Gasteiger partial charge in [0, 0.05) is 59.7 Å². The van der Waals surface area contributed by atoms with E-state index in [-0.39, 0.29) is 53.0 Å². The number of nitrogens with one attached hydrogen (secondary N) is 2. The molecule has 6 aliphatic rings. The second kappa shape index (κ2) is 14.7. The number of rotatable bonds is 7. The number of piperidine rings is 3. The minimum absolute atomic E-state index is 0.105. The van der Waals surface area contributed by atoms with Gasteiger partial charge in [-0.2, -0.15) is 5.26 Å². The highest BCUT2D eigenvalue weighted by Crippen LogP contribution is 2.56. The number of nitriles is 1. The standard InChI is InChI=1S/C47H51ClN6O6/c1-45(2)43(46(3,4)44(45)60-33-10-7-28(26-49)36(48)23-33)51-39(56)27-5-8-31(9-6-27)52-17-13-32(14-18-52)53-19-15-47(16-20-53)24-29-21-34-35(22-30(29)25-47)42(59)54(41(34)58)37-11-12-38(55)50-40(37)57/h5-10,21-23,32,37,43-44H,11-20,24-25H2,1-4H3,(H,51,56)(H,50,55,57)/t37?,43-,44-. The van der Waals surface area contributed by atoms with Gasteiger partial charge in [-0.25, -0.2) is 0 Å². The molecule has 9 rings (SSSR count). The molecule has 0 bridgehead atoms. The minimum atomic E-state index is -0.953. The lowest BCUT2D eigenvalue weighted by atomic mass is 9.49. The molecule has 1 atom stereocenters. The zero-order valence-corrected chi connectivity index (χ0v) is 35.4. The number of carbonyl (C=O) groups is 5. The lowest BCUT2D eigenvalue weighted by Gasteiger charge is -2.63. The molecule has 2 N–H and O–H groups in total. The molecule has 0 aromatic heterocycles. The van der Waals surface area contributed by atoms with Crippen LogP contribution in [0.25, 0.3) is 0 Å². The third-order valence-electron chi connectivity index (χ3n) is 14.7. The Hall–Kier alpha value is -5.25. The van der Waals surface area contributed by atoms with Crippen LogP contribution in [0.4, 0.5) is 5.69 Å². The van der Waals surface area contributed by atoms with E-state index in [0.717, 1.165) is 86.4 Å². The summed E-state index contributed by atoms with van der Waals surface area (Å²) in [6, 6.07) is 18.3. The molecule has 4 heterocycles. The van der Waals surface area contributed by atoms with Crippen LogP contribution in [0.5, 0.6) is 5.75 Å². The number of halogens is 1. The van der Waals surface area contributed by atoms with Crippen LogP contribution in [0, 0.1) is 27.6 Å². The second-order valence-electron chi connectivity index (χ2n) is 19.1. The highest BCUT2D eigenvalue weighted by atomic mass is 35.5. The van der Waals surface area contributed by atoms with Crippen LogP contribution < -0.4 is 20.3 Å². The van der Waals surface area contributed by atoms with E-state index in [1.807, 2.05) is 24.3 Å². The van der Waals surface area contributed by atoms with Crippen molar-refractivity contribution in [3.8, 4) is 11.8 Å². The Kier molecular flexibility index (Phi) is 9.86. The minimum Gasteiger partial charge on any atom is -0.489 e. The normalized spacial score (nSPS) is 25.6. The van der Waals surface area contributed by atoms with Gasteiger partial charge in [0.05, 0.1) is 21.7 Å². The van der Waals surface area contributed by atoms with E-state index in [1.54, 1.807) is 18.2 Å². The number of nitrogens with zero attached hydrogens (tertiary/aromatic N) is 4. The van der Waals surface area contributed by atoms with Gasteiger partial charge in [-0.1, -0.05) is 39.3 Å². The van der Waals surface area contributed by atoms with Crippen molar-refractivity contribution < 1.29 is 28.7 Å². The monoisotopic (exact) mass is 830 g/mol. The van der Waals surface area contributed by atoms with E-state index >= 15 is 0 Å². The summed E-state index contributed by atoms with van der Waals surface area (Å²) in [6.07, 6.45) is 6.12. The van der Waals surface area contributed by atoms with Crippen molar-refractivity contribution in [3.63, 3.8) is 0 Å². The fourth-order valence-corrected chi connectivity index (χ4v) is 11.9. The lowest BCUT2D eigenvalue weighted by Crippen LogP contribution is -2.74. The molecule has 1 unspecified atom stereocenters. The van der Waals surface area contributed by atoms with E-state index in [1.165, 1.54) is 0 Å². The van der Waals surface area contributed by atoms with E-state index in [0.29, 0.717) is 39.1 Å². The third kappa shape index (κ3) is 6.74. The van der Waals surface area contributed by atoms with Crippen molar-refractivity contribution in [3.05, 3.63) is 93.0 Å². The maximum absolute atomic E-state index is 13.6. The fraction of sp³-hybridized carbons (Fsp3) is 0.489. The summed E-state index contributed by atoms with van der Waals surface area (Å²) in [5, 5.41) is 15.1. The molecule has 1 spiro atoms. The molecule has 0 radical (unpaired) electrons. The summed E-state index contributed by atoms with van der Waals surface area (Å²) in [5.41, 5.74) is 4.57. The van der Waals surface area contributed by atoms with Crippen molar-refractivity contribution >= 4 is 46.8 Å². The first kappa shape index (κ1) is 40.2. The van der Waals surface area contributed by atoms with Crippen LogP contribution in [0.1, 0.15) is 114 Å². The average molecular weight is 831 g/mol. The largest absolute Gasteiger partial charge is 0.489 e. The smallest absolute Gasteiger partial charge is 0.262 e. The molecular weight excluding hydrogens is 780 g/mol. The van der Waals surface area contributed by atoms with Gasteiger partial charge in [-0.15, -0.1) is 0 Å². The van der Waals surface area contributed by atoms with Gasteiger partial charge in [-0.3, -0.25) is 34.2 Å². The number of fused-ring (bicyclic) bond motifs is 2. The summed E-state index contributed by atoms with van der Waals surface area (Å²) < 4.78 is 6.39. The third-order valence-corrected chi connectivity index (χ3v) is 15.0. The van der Waals surface area contributed by atoms with Gasteiger partial charge in [0.1, 0.15) is 24.0 Å². The van der Waals surface area contributed by atoms with Gasteiger partial charge in [0.2, 0.25) is 11.8 Å². The molecule has 60 heavy (non-hydrogen) atoms. The molecule has 312 valence electrons. The number of carbonyl (C=O) groups excluding carboxylic acids is 5. The quantitative estimate of drug-likeness (QED) is 0.270. The number of anilines is 1. The predicted molar refractivity (Wildman–Crippen MR) is 225 cm³/mol. The van der Waals surface area contributed by atoms with Crippen LogP contribution in [0.2, 0.25) is 5.02 Å². The molecule has 13 heteroatoms. The van der Waals surface area contributed by atoms with Crippen molar-refractivity contribution in [1.29, 1.82) is 5.26 Å². The van der Waals surface area contributed by atoms with Crippen molar-refractivity contribution in [2.24, 2.45) is 16.2 Å². The van der Waals surface area contributed by atoms with Crippen molar-refractivity contribution in [2.45, 2.75) is 103 Å². The molecule has 1 saturated carbocycles. The van der Waals surface area contributed by atoms with Crippen LogP contribution >= 0.6 is 11.6 Å². The maximum Gasteiger partial charge on any atom is 0.262 e. The molecule has 2 aliphatic carbocycles. The lowest BCUT2D eigenvalue weighted by molar-refractivity contribution is -0.164. The molecule has 12 nitrogen and oxygen atoms in total. The summed E-state index contributed by atoms with van der Waals surface area (Å²) in [5.74, 6) is -1.36. The topological polar surface area (TPSA) is 152 Å². The Balaban J connectivity index is 0.753. The van der Waals surface area contributed by atoms with Gasteiger partial charge >= 0.3 is 0 Å². The number of imide groups is 2. The summed E-state index contributed by atoms with van der Waals surface area (Å²) in [7, 11) is 0. The first-order chi connectivity index (χ1) is 28.6. The zero-order valence-electron chi connectivity index (χ0n) is 34.6. The van der Waals surface area contributed by atoms with Crippen LogP contribution in [0.3, 0.4) is 0 Å². The van der Waals surface area contributed by atoms with Crippen LogP contribution in [-0.2, 0) is 22.4 Å². The highest BCUT2D eigenvalue weighted by molar-refractivity contribution is 6.31. The summed E-state index contributed by atoms with van der Waals surface area (Å²) in [4.78, 5) is 70.7. The first-order valence-corrected chi connectivity index (χ1v) is 21.6. The van der Waals surface area contributed by atoms with E-state index in [9.17, 15) is 29.2 Å². The van der Waals surface area contributed by atoms with E-state index in [2.05, 4.69) is 66.3 Å². The molecule has 5 amide bonds. The van der Waals surface area contributed by atoms with Gasteiger partial charge in [-0.05, 0) is 123 Å². The van der Waals surface area contributed by atoms with Crippen molar-refractivity contribution in [1.82, 2.24) is 20.4 Å². The fourth-order valence-electron chi connectivity index (χ4n) is 11.6. The van der Waals surface area contributed by atoms with E-state index in [4.69, 9.17) is 16.3 Å². The van der Waals surface area contributed by atoms with Crippen LogP contribution in [-0.4, -0.2) is 89.7 Å². The Bertz CT molecular complexity index is 2290. The van der Waals surface area contributed by atoms with E-state index < -0.39 is 23.8 Å². The Morgan fingerprint density at radius 2 is 1.47 bits per heavy atom. The van der Waals surface area contributed by atoms with Gasteiger partial charge < -0.3 is 19.9 Å². The molecule has 4 aliphatic heterocycles. The van der Waals surface area contributed by atoms with Crippen LogP contribution in [0.15, 0.2) is 54.6 Å². The molecule has 3 aromatic carbocycles. The van der Waals surface area contributed by atoms with Gasteiger partial charge in [0.25, 0.3) is 17.7 Å². The Morgan fingerprint density at radius 3 is 2.03 bits per heavy atom. The molecule has 3 aromatic rings. The number of likely N-dealkylation sites (tertiary alicyclic amines) is 1. The summed E-state index contributed by atoms with van der Waals surface area (Å²) >= 11 is 6.26. The number of hydrogen-bond acceptors (Lipinski definition) is 9. The zero-order chi connectivity index (χ0) is 42.3.